The van der Waals surface area contributed by atoms with Gasteiger partial charge >= 0.3 is 0 Å². The number of hydrogen-bond donors (Lipinski definition) is 0. The molecule has 2 nitrogen and oxygen atoms in total. The average molecular weight is 193 g/mol. The van der Waals surface area contributed by atoms with Crippen LogP contribution in [0.3, 0.4) is 0 Å². The Bertz CT molecular complexity index is 301. The van der Waals surface area contributed by atoms with Gasteiger partial charge in [-0.25, -0.2) is 0 Å². The summed E-state index contributed by atoms with van der Waals surface area (Å²) < 4.78 is 7.91. The molecule has 1 aromatic heterocycles. The van der Waals surface area contributed by atoms with Gasteiger partial charge in [0, 0.05) is 19.0 Å². The maximum Gasteiger partial charge on any atom is 0.0803 e. The van der Waals surface area contributed by atoms with E-state index in [2.05, 4.69) is 36.7 Å². The van der Waals surface area contributed by atoms with Gasteiger partial charge in [-0.05, 0) is 44.7 Å². The number of hydrogen-bond acceptors (Lipinski definition) is 1. The van der Waals surface area contributed by atoms with Gasteiger partial charge in [0.05, 0.1) is 12.1 Å². The van der Waals surface area contributed by atoms with Gasteiger partial charge in [0.1, 0.15) is 0 Å². The van der Waals surface area contributed by atoms with Crippen molar-refractivity contribution in [1.82, 2.24) is 4.57 Å². The van der Waals surface area contributed by atoms with E-state index in [9.17, 15) is 0 Å². The van der Waals surface area contributed by atoms with Crippen LogP contribution < -0.4 is 0 Å². The lowest BCUT2D eigenvalue weighted by Gasteiger charge is -2.25. The Kier molecular flexibility index (Phi) is 2.64. The van der Waals surface area contributed by atoms with Crippen molar-refractivity contribution in [3.63, 3.8) is 0 Å². The molecule has 1 heterocycles. The van der Waals surface area contributed by atoms with Crippen LogP contribution >= 0.6 is 0 Å². The van der Waals surface area contributed by atoms with Crippen molar-refractivity contribution in [3.8, 4) is 0 Å². The Balaban J connectivity index is 2.13. The second-order valence-electron chi connectivity index (χ2n) is 4.34. The molecule has 78 valence electrons. The summed E-state index contributed by atoms with van der Waals surface area (Å²) in [6, 6.07) is 4.71. The smallest absolute Gasteiger partial charge is 0.0803 e. The number of aryl methyl sites for hydroxylation is 1. The molecule has 14 heavy (non-hydrogen) atoms. The Morgan fingerprint density at radius 3 is 2.64 bits per heavy atom. The Morgan fingerprint density at radius 2 is 2.21 bits per heavy atom. The van der Waals surface area contributed by atoms with Crippen LogP contribution in [-0.4, -0.2) is 17.8 Å². The standard InChI is InChI=1S/C12H19NO/c1-9-5-4-8-13(9)10(2)12(14-3)11-6-7-11/h4-5,8,10-12H,6-7H2,1-3H3. The van der Waals surface area contributed by atoms with E-state index < -0.39 is 0 Å². The van der Waals surface area contributed by atoms with Gasteiger partial charge in [0.25, 0.3) is 0 Å². The Morgan fingerprint density at radius 1 is 1.50 bits per heavy atom. The molecule has 0 aliphatic heterocycles. The van der Waals surface area contributed by atoms with Crippen LogP contribution in [0.15, 0.2) is 18.3 Å². The molecule has 1 aliphatic carbocycles. The van der Waals surface area contributed by atoms with Gasteiger partial charge in [0.2, 0.25) is 0 Å². The lowest BCUT2D eigenvalue weighted by Crippen LogP contribution is -2.25. The topological polar surface area (TPSA) is 14.2 Å². The maximum absolute atomic E-state index is 5.59. The van der Waals surface area contributed by atoms with E-state index >= 15 is 0 Å². The van der Waals surface area contributed by atoms with Crippen molar-refractivity contribution >= 4 is 0 Å². The van der Waals surface area contributed by atoms with E-state index in [1.807, 2.05) is 7.11 Å². The number of aromatic nitrogens is 1. The molecule has 0 amide bonds. The third-order valence-corrected chi connectivity index (χ3v) is 3.26. The fourth-order valence-corrected chi connectivity index (χ4v) is 2.30. The van der Waals surface area contributed by atoms with Crippen LogP contribution in [0.5, 0.6) is 0 Å². The molecule has 1 fully saturated rings. The Hall–Kier alpha value is -0.760. The van der Waals surface area contributed by atoms with Crippen molar-refractivity contribution in [2.75, 3.05) is 7.11 Å². The van der Waals surface area contributed by atoms with Crippen molar-refractivity contribution in [3.05, 3.63) is 24.0 Å². The minimum atomic E-state index is 0.390. The summed E-state index contributed by atoms with van der Waals surface area (Å²) in [6.07, 6.45) is 5.21. The molecule has 0 bridgehead atoms. The van der Waals surface area contributed by atoms with E-state index in [1.54, 1.807) is 0 Å². The predicted octanol–water partition coefficient (Wildman–Crippen LogP) is 2.78. The SMILES string of the molecule is COC(C1CC1)C(C)n1cccc1C. The highest BCUT2D eigenvalue weighted by Crippen LogP contribution is 2.39. The summed E-state index contributed by atoms with van der Waals surface area (Å²) in [5, 5.41) is 0. The summed E-state index contributed by atoms with van der Waals surface area (Å²) in [4.78, 5) is 0. The summed E-state index contributed by atoms with van der Waals surface area (Å²) in [6.45, 7) is 4.40. The van der Waals surface area contributed by atoms with Crippen LogP contribution in [0.4, 0.5) is 0 Å². The molecule has 1 saturated carbocycles. The first kappa shape index (κ1) is 9.78. The van der Waals surface area contributed by atoms with Gasteiger partial charge in [-0.1, -0.05) is 0 Å². The second kappa shape index (κ2) is 3.77. The number of ether oxygens (including phenoxy) is 1. The van der Waals surface area contributed by atoms with Crippen molar-refractivity contribution in [2.24, 2.45) is 5.92 Å². The summed E-state index contributed by atoms with van der Waals surface area (Å²) in [7, 11) is 1.83. The second-order valence-corrected chi connectivity index (χ2v) is 4.34. The van der Waals surface area contributed by atoms with E-state index in [0.717, 1.165) is 5.92 Å². The highest BCUT2D eigenvalue weighted by atomic mass is 16.5. The lowest BCUT2D eigenvalue weighted by atomic mass is 10.1. The first-order chi connectivity index (χ1) is 6.74. The van der Waals surface area contributed by atoms with E-state index in [4.69, 9.17) is 4.74 Å². The highest BCUT2D eigenvalue weighted by molar-refractivity contribution is 5.07. The van der Waals surface area contributed by atoms with E-state index in [0.29, 0.717) is 12.1 Å². The number of nitrogens with zero attached hydrogens (tertiary/aromatic N) is 1. The van der Waals surface area contributed by atoms with E-state index in [-0.39, 0.29) is 0 Å². The predicted molar refractivity (Wildman–Crippen MR) is 57.4 cm³/mol. The van der Waals surface area contributed by atoms with Crippen LogP contribution in [-0.2, 0) is 4.74 Å². The molecule has 0 spiro atoms. The van der Waals surface area contributed by atoms with Gasteiger partial charge in [-0.2, -0.15) is 0 Å². The minimum absolute atomic E-state index is 0.390. The monoisotopic (exact) mass is 193 g/mol. The third-order valence-electron chi connectivity index (χ3n) is 3.26. The fraction of sp³-hybridized carbons (Fsp3) is 0.667. The highest BCUT2D eigenvalue weighted by Gasteiger charge is 2.35. The minimum Gasteiger partial charge on any atom is -0.379 e. The summed E-state index contributed by atoms with van der Waals surface area (Å²) in [5.41, 5.74) is 1.32. The molecule has 2 atom stereocenters. The molecule has 0 aromatic carbocycles. The molecule has 1 aromatic rings. The van der Waals surface area contributed by atoms with Crippen molar-refractivity contribution < 1.29 is 4.74 Å². The largest absolute Gasteiger partial charge is 0.379 e. The fourth-order valence-electron chi connectivity index (χ4n) is 2.30. The summed E-state index contributed by atoms with van der Waals surface area (Å²) >= 11 is 0. The normalized spacial score (nSPS) is 20.8. The van der Waals surface area contributed by atoms with Crippen molar-refractivity contribution in [2.45, 2.75) is 38.8 Å². The van der Waals surface area contributed by atoms with Gasteiger partial charge in [-0.15, -0.1) is 0 Å². The van der Waals surface area contributed by atoms with Crippen LogP contribution in [0.25, 0.3) is 0 Å². The quantitative estimate of drug-likeness (QED) is 0.717. The lowest BCUT2D eigenvalue weighted by molar-refractivity contribution is 0.0450. The van der Waals surface area contributed by atoms with Crippen LogP contribution in [0.2, 0.25) is 0 Å². The molecule has 2 heteroatoms. The zero-order chi connectivity index (χ0) is 10.1. The molecule has 0 N–H and O–H groups in total. The molecule has 2 unspecified atom stereocenters. The molecule has 1 aliphatic rings. The first-order valence-corrected chi connectivity index (χ1v) is 5.40. The third kappa shape index (κ3) is 1.71. The van der Waals surface area contributed by atoms with Gasteiger partial charge < -0.3 is 9.30 Å². The van der Waals surface area contributed by atoms with E-state index in [1.165, 1.54) is 18.5 Å². The van der Waals surface area contributed by atoms with Gasteiger partial charge in [-0.3, -0.25) is 0 Å². The molecular formula is C12H19NO. The molecule has 0 saturated heterocycles. The zero-order valence-electron chi connectivity index (χ0n) is 9.23. The molecular weight excluding hydrogens is 174 g/mol. The molecule has 2 rings (SSSR count). The molecule has 0 radical (unpaired) electrons. The van der Waals surface area contributed by atoms with Gasteiger partial charge in [0.15, 0.2) is 0 Å². The van der Waals surface area contributed by atoms with Crippen LogP contribution in [0, 0.1) is 12.8 Å². The first-order valence-electron chi connectivity index (χ1n) is 5.40. The van der Waals surface area contributed by atoms with Crippen molar-refractivity contribution in [1.29, 1.82) is 0 Å². The van der Waals surface area contributed by atoms with Crippen LogP contribution in [0.1, 0.15) is 31.5 Å². The number of rotatable bonds is 4. The summed E-state index contributed by atoms with van der Waals surface area (Å²) in [5.74, 6) is 0.789. The Labute approximate surface area is 85.9 Å². The zero-order valence-corrected chi connectivity index (χ0v) is 9.23. The maximum atomic E-state index is 5.59. The number of methoxy groups -OCH3 is 1. The average Bonchev–Trinajstić information content (AvgIpc) is 2.90.